The number of nitrogens with one attached hydrogen (secondary N) is 1. The maximum absolute atomic E-state index is 11.6. The van der Waals surface area contributed by atoms with Crippen molar-refractivity contribution in [2.45, 2.75) is 58.7 Å². The van der Waals surface area contributed by atoms with Gasteiger partial charge in [-0.25, -0.2) is 4.79 Å². The summed E-state index contributed by atoms with van der Waals surface area (Å²) in [4.78, 5) is 11.6. The largest absolute Gasteiger partial charge is 0.444 e. The summed E-state index contributed by atoms with van der Waals surface area (Å²) in [5.74, 6) is 0. The number of ether oxygens (including phenoxy) is 2. The predicted octanol–water partition coefficient (Wildman–Crippen LogP) is 0.615. The van der Waals surface area contributed by atoms with Gasteiger partial charge in [-0.05, 0) is 20.8 Å². The van der Waals surface area contributed by atoms with Gasteiger partial charge < -0.3 is 25.0 Å². The standard InChI is InChI=1S/C12H23NO5/c1-11(2,3)18-10(16)13-7-6-17-9(15)12(4,5)8(7)14/h7-9,14-15H,6H2,1-5H3,(H,13,16)/t7-,8+,9?/m0/s1. The summed E-state index contributed by atoms with van der Waals surface area (Å²) in [6.07, 6.45) is -2.57. The van der Waals surface area contributed by atoms with Gasteiger partial charge in [0.2, 0.25) is 0 Å². The summed E-state index contributed by atoms with van der Waals surface area (Å²) < 4.78 is 10.2. The van der Waals surface area contributed by atoms with E-state index in [-0.39, 0.29) is 6.61 Å². The predicted molar refractivity (Wildman–Crippen MR) is 64.9 cm³/mol. The highest BCUT2D eigenvalue weighted by atomic mass is 16.6. The molecule has 0 radical (unpaired) electrons. The number of carbonyl (C=O) groups is 1. The van der Waals surface area contributed by atoms with Gasteiger partial charge in [0.15, 0.2) is 6.29 Å². The number of hydrogen-bond donors (Lipinski definition) is 3. The summed E-state index contributed by atoms with van der Waals surface area (Å²) in [7, 11) is 0. The van der Waals surface area contributed by atoms with Crippen molar-refractivity contribution in [3.63, 3.8) is 0 Å². The number of hydrogen-bond acceptors (Lipinski definition) is 5. The molecule has 1 heterocycles. The van der Waals surface area contributed by atoms with E-state index in [1.807, 2.05) is 0 Å². The summed E-state index contributed by atoms with van der Waals surface area (Å²) in [5.41, 5.74) is -1.45. The average Bonchev–Trinajstić information content (AvgIpc) is 2.17. The number of alkyl carbamates (subject to hydrolysis) is 1. The van der Waals surface area contributed by atoms with Crippen molar-refractivity contribution in [3.8, 4) is 0 Å². The van der Waals surface area contributed by atoms with Crippen LogP contribution in [-0.4, -0.2) is 47.0 Å². The highest BCUT2D eigenvalue weighted by Crippen LogP contribution is 2.32. The van der Waals surface area contributed by atoms with E-state index in [9.17, 15) is 15.0 Å². The number of carbonyl (C=O) groups excluding carboxylic acids is 1. The lowest BCUT2D eigenvalue weighted by Gasteiger charge is -2.43. The molecule has 1 aliphatic rings. The Bertz CT molecular complexity index is 310. The van der Waals surface area contributed by atoms with Crippen molar-refractivity contribution in [1.29, 1.82) is 0 Å². The van der Waals surface area contributed by atoms with Crippen LogP contribution in [-0.2, 0) is 9.47 Å². The normalized spacial score (nSPS) is 31.8. The smallest absolute Gasteiger partial charge is 0.408 e. The molecule has 1 fully saturated rings. The van der Waals surface area contributed by atoms with Gasteiger partial charge in [-0.3, -0.25) is 0 Å². The van der Waals surface area contributed by atoms with E-state index in [0.29, 0.717) is 0 Å². The Morgan fingerprint density at radius 2 is 1.94 bits per heavy atom. The Labute approximate surface area is 107 Å². The summed E-state index contributed by atoms with van der Waals surface area (Å²) in [5, 5.41) is 22.3. The van der Waals surface area contributed by atoms with Gasteiger partial charge in [-0.15, -0.1) is 0 Å². The third-order valence-corrected chi connectivity index (χ3v) is 2.92. The van der Waals surface area contributed by atoms with Crippen LogP contribution in [0.15, 0.2) is 0 Å². The second kappa shape index (κ2) is 5.03. The summed E-state index contributed by atoms with van der Waals surface area (Å²) in [6, 6.07) is -0.599. The van der Waals surface area contributed by atoms with Crippen molar-refractivity contribution in [3.05, 3.63) is 0 Å². The van der Waals surface area contributed by atoms with E-state index in [1.54, 1.807) is 34.6 Å². The van der Waals surface area contributed by atoms with Gasteiger partial charge in [0.05, 0.1) is 18.8 Å². The molecule has 1 saturated heterocycles. The number of aliphatic hydroxyl groups excluding tert-OH is 2. The van der Waals surface area contributed by atoms with Crippen molar-refractivity contribution >= 4 is 6.09 Å². The van der Waals surface area contributed by atoms with Crippen molar-refractivity contribution in [2.24, 2.45) is 5.41 Å². The van der Waals surface area contributed by atoms with Crippen molar-refractivity contribution in [1.82, 2.24) is 5.32 Å². The lowest BCUT2D eigenvalue weighted by Crippen LogP contribution is -2.60. The zero-order valence-corrected chi connectivity index (χ0v) is 11.6. The van der Waals surface area contributed by atoms with Gasteiger partial charge >= 0.3 is 6.09 Å². The molecule has 6 heteroatoms. The Kier molecular flexibility index (Phi) is 4.25. The van der Waals surface area contributed by atoms with Crippen LogP contribution in [0.3, 0.4) is 0 Å². The SMILES string of the molecule is CC(C)(C)OC(=O)N[C@H]1COC(O)C(C)(C)[C@@H]1O. The highest BCUT2D eigenvalue weighted by Gasteiger charge is 2.46. The van der Waals surface area contributed by atoms with Crippen LogP contribution in [0.2, 0.25) is 0 Å². The van der Waals surface area contributed by atoms with Crippen LogP contribution in [0.1, 0.15) is 34.6 Å². The fourth-order valence-electron chi connectivity index (χ4n) is 1.74. The number of amides is 1. The first-order valence-electron chi connectivity index (χ1n) is 6.01. The van der Waals surface area contributed by atoms with Crippen molar-refractivity contribution in [2.75, 3.05) is 6.61 Å². The highest BCUT2D eigenvalue weighted by molar-refractivity contribution is 5.68. The van der Waals surface area contributed by atoms with Crippen LogP contribution >= 0.6 is 0 Å². The maximum atomic E-state index is 11.6. The number of rotatable bonds is 1. The molecule has 0 aliphatic carbocycles. The molecule has 106 valence electrons. The topological polar surface area (TPSA) is 88.0 Å². The minimum absolute atomic E-state index is 0.0466. The van der Waals surface area contributed by atoms with E-state index in [1.165, 1.54) is 0 Å². The van der Waals surface area contributed by atoms with Gasteiger partial charge in [-0.1, -0.05) is 13.8 Å². The first kappa shape index (κ1) is 15.2. The monoisotopic (exact) mass is 261 g/mol. The van der Waals surface area contributed by atoms with E-state index in [2.05, 4.69) is 5.32 Å². The number of aliphatic hydroxyl groups is 2. The summed E-state index contributed by atoms with van der Waals surface area (Å²) in [6.45, 7) is 8.66. The Balaban J connectivity index is 2.61. The minimum Gasteiger partial charge on any atom is -0.444 e. The fraction of sp³-hybridized carbons (Fsp3) is 0.917. The van der Waals surface area contributed by atoms with E-state index >= 15 is 0 Å². The Morgan fingerprint density at radius 3 is 2.44 bits per heavy atom. The van der Waals surface area contributed by atoms with Crippen LogP contribution in [0, 0.1) is 5.41 Å². The molecule has 18 heavy (non-hydrogen) atoms. The molecule has 3 N–H and O–H groups in total. The maximum Gasteiger partial charge on any atom is 0.408 e. The third kappa shape index (κ3) is 3.57. The van der Waals surface area contributed by atoms with E-state index in [0.717, 1.165) is 0 Å². The Morgan fingerprint density at radius 1 is 1.39 bits per heavy atom. The molecule has 6 nitrogen and oxygen atoms in total. The fourth-order valence-corrected chi connectivity index (χ4v) is 1.74. The van der Waals surface area contributed by atoms with Gasteiger partial charge in [0, 0.05) is 5.41 Å². The minimum atomic E-state index is -1.05. The second-order valence-corrected chi connectivity index (χ2v) is 6.20. The van der Waals surface area contributed by atoms with Crippen LogP contribution in [0.25, 0.3) is 0 Å². The molecule has 0 saturated carbocycles. The van der Waals surface area contributed by atoms with Crippen molar-refractivity contribution < 1.29 is 24.5 Å². The van der Waals surface area contributed by atoms with Crippen LogP contribution in [0.4, 0.5) is 4.79 Å². The average molecular weight is 261 g/mol. The quantitative estimate of drug-likeness (QED) is 0.644. The van der Waals surface area contributed by atoms with E-state index in [4.69, 9.17) is 9.47 Å². The zero-order valence-electron chi connectivity index (χ0n) is 11.6. The molecular weight excluding hydrogens is 238 g/mol. The molecule has 0 aromatic heterocycles. The molecule has 0 bridgehead atoms. The Hall–Kier alpha value is -0.850. The summed E-state index contributed by atoms with van der Waals surface area (Å²) >= 11 is 0. The molecule has 1 rings (SSSR count). The molecule has 3 atom stereocenters. The first-order valence-corrected chi connectivity index (χ1v) is 6.01. The van der Waals surface area contributed by atoms with Crippen LogP contribution < -0.4 is 5.32 Å². The van der Waals surface area contributed by atoms with Gasteiger partial charge in [0.1, 0.15) is 5.60 Å². The van der Waals surface area contributed by atoms with Gasteiger partial charge in [-0.2, -0.15) is 0 Å². The molecule has 0 aromatic carbocycles. The lowest BCUT2D eigenvalue weighted by molar-refractivity contribution is -0.238. The molecule has 1 unspecified atom stereocenters. The van der Waals surface area contributed by atoms with Gasteiger partial charge in [0.25, 0.3) is 0 Å². The van der Waals surface area contributed by atoms with Crippen LogP contribution in [0.5, 0.6) is 0 Å². The molecule has 0 spiro atoms. The zero-order chi connectivity index (χ0) is 14.1. The lowest BCUT2D eigenvalue weighted by atomic mass is 9.80. The molecular formula is C12H23NO5. The molecule has 1 aliphatic heterocycles. The van der Waals surface area contributed by atoms with E-state index < -0.39 is 35.5 Å². The molecule has 1 amide bonds. The molecule has 0 aromatic rings. The second-order valence-electron chi connectivity index (χ2n) is 6.20. The first-order chi connectivity index (χ1) is 8.04. The third-order valence-electron chi connectivity index (χ3n) is 2.92.